The number of furan rings is 1. The molecule has 2 aromatic heterocycles. The van der Waals surface area contributed by atoms with Crippen LogP contribution in [-0.2, 0) is 12.7 Å². The molecule has 4 aromatic rings. The van der Waals surface area contributed by atoms with E-state index in [-0.39, 0.29) is 22.4 Å². The molecule has 0 N–H and O–H groups in total. The summed E-state index contributed by atoms with van der Waals surface area (Å²) in [4.78, 5) is 27.9. The second kappa shape index (κ2) is 7.44. The molecular formula is C23H14F3N3O4. The van der Waals surface area contributed by atoms with Crippen LogP contribution in [0.4, 0.5) is 18.9 Å². The van der Waals surface area contributed by atoms with Crippen LogP contribution in [-0.4, -0.2) is 14.5 Å². The number of rotatable bonds is 3. The van der Waals surface area contributed by atoms with Crippen LogP contribution in [0.1, 0.15) is 23.6 Å². The maximum Gasteiger partial charge on any atom is 0.416 e. The van der Waals surface area contributed by atoms with E-state index in [1.165, 1.54) is 10.6 Å². The third-order valence-corrected chi connectivity index (χ3v) is 5.48. The van der Waals surface area contributed by atoms with Crippen molar-refractivity contribution in [3.8, 4) is 11.3 Å². The Morgan fingerprint density at radius 2 is 1.91 bits per heavy atom. The Morgan fingerprint density at radius 3 is 2.67 bits per heavy atom. The molecule has 10 heteroatoms. The van der Waals surface area contributed by atoms with Crippen LogP contribution >= 0.6 is 0 Å². The van der Waals surface area contributed by atoms with E-state index in [1.54, 1.807) is 36.4 Å². The van der Waals surface area contributed by atoms with Crippen molar-refractivity contribution in [2.75, 3.05) is 0 Å². The number of nitro benzene ring substituents is 1. The number of hydrogen-bond donors (Lipinski definition) is 0. The van der Waals surface area contributed by atoms with Crippen LogP contribution in [0.25, 0.3) is 33.9 Å². The molecule has 166 valence electrons. The van der Waals surface area contributed by atoms with Crippen molar-refractivity contribution in [3.63, 3.8) is 0 Å². The molecule has 0 fully saturated rings. The Kier molecular flexibility index (Phi) is 4.66. The monoisotopic (exact) mass is 453 g/mol. The van der Waals surface area contributed by atoms with Crippen LogP contribution in [0.3, 0.4) is 0 Å². The predicted molar refractivity (Wildman–Crippen MR) is 114 cm³/mol. The van der Waals surface area contributed by atoms with Crippen LogP contribution in [0.15, 0.2) is 63.8 Å². The van der Waals surface area contributed by atoms with Gasteiger partial charge in [-0.1, -0.05) is 12.1 Å². The summed E-state index contributed by atoms with van der Waals surface area (Å²) in [5, 5.41) is 11.4. The standard InChI is InChI=1S/C23H14F3N3O4/c24-23(25,26)14-5-7-16-18(12-14)27-21-13(9-10-28(21)22(16)30)11-15-6-8-20(33-15)17-3-1-2-4-19(17)29(31)32/h1-8,11-12H,9-10H2/b13-11+. The van der Waals surface area contributed by atoms with Gasteiger partial charge in [-0.05, 0) is 48.9 Å². The van der Waals surface area contributed by atoms with E-state index in [0.29, 0.717) is 35.6 Å². The smallest absolute Gasteiger partial charge is 0.416 e. The molecule has 0 amide bonds. The second-order valence-corrected chi connectivity index (χ2v) is 7.52. The SMILES string of the molecule is O=c1c2ccc(C(F)(F)F)cc2nc2n1CC/C2=C\c1ccc(-c2ccccc2[N+](=O)[O-])o1. The van der Waals surface area contributed by atoms with Crippen molar-refractivity contribution in [2.45, 2.75) is 19.1 Å². The van der Waals surface area contributed by atoms with Crippen molar-refractivity contribution in [3.05, 3.63) is 92.2 Å². The molecule has 3 heterocycles. The summed E-state index contributed by atoms with van der Waals surface area (Å²) in [5.74, 6) is 0.950. The fraction of sp³-hybridized carbons (Fsp3) is 0.130. The van der Waals surface area contributed by atoms with Gasteiger partial charge in [0.1, 0.15) is 17.3 Å². The quantitative estimate of drug-likeness (QED) is 0.301. The third kappa shape index (κ3) is 3.59. The molecule has 7 nitrogen and oxygen atoms in total. The molecular weight excluding hydrogens is 439 g/mol. The first-order chi connectivity index (χ1) is 15.7. The molecule has 1 aliphatic heterocycles. The maximum atomic E-state index is 13.1. The number of para-hydroxylation sites is 1. The lowest BCUT2D eigenvalue weighted by Gasteiger charge is -2.09. The summed E-state index contributed by atoms with van der Waals surface area (Å²) in [5.41, 5.74) is -0.483. The summed E-state index contributed by atoms with van der Waals surface area (Å²) in [6.45, 7) is 0.335. The second-order valence-electron chi connectivity index (χ2n) is 7.52. The molecule has 0 saturated heterocycles. The van der Waals surface area contributed by atoms with Crippen LogP contribution < -0.4 is 5.56 Å². The van der Waals surface area contributed by atoms with E-state index in [9.17, 15) is 28.1 Å². The van der Waals surface area contributed by atoms with Gasteiger partial charge >= 0.3 is 6.18 Å². The van der Waals surface area contributed by atoms with Crippen molar-refractivity contribution < 1.29 is 22.5 Å². The van der Waals surface area contributed by atoms with Crippen molar-refractivity contribution in [2.24, 2.45) is 0 Å². The summed E-state index contributed by atoms with van der Waals surface area (Å²) in [6, 6.07) is 12.3. The first-order valence-electron chi connectivity index (χ1n) is 9.89. The summed E-state index contributed by atoms with van der Waals surface area (Å²) < 4.78 is 46.5. The zero-order valence-electron chi connectivity index (χ0n) is 16.8. The number of halogens is 3. The minimum atomic E-state index is -4.55. The van der Waals surface area contributed by atoms with Crippen molar-refractivity contribution in [1.29, 1.82) is 0 Å². The lowest BCUT2D eigenvalue weighted by atomic mass is 10.1. The topological polar surface area (TPSA) is 91.2 Å². The average Bonchev–Trinajstić information content (AvgIpc) is 3.41. The zero-order chi connectivity index (χ0) is 23.3. The van der Waals surface area contributed by atoms with Gasteiger partial charge in [-0.3, -0.25) is 19.5 Å². The molecule has 2 aromatic carbocycles. The fourth-order valence-electron chi connectivity index (χ4n) is 3.92. The van der Waals surface area contributed by atoms with Crippen LogP contribution in [0.2, 0.25) is 0 Å². The van der Waals surface area contributed by atoms with E-state index in [0.717, 1.165) is 18.2 Å². The highest BCUT2D eigenvalue weighted by molar-refractivity contribution is 5.85. The highest BCUT2D eigenvalue weighted by atomic mass is 19.4. The summed E-state index contributed by atoms with van der Waals surface area (Å²) in [7, 11) is 0. The zero-order valence-corrected chi connectivity index (χ0v) is 16.8. The molecule has 0 bridgehead atoms. The number of allylic oxidation sites excluding steroid dienone is 1. The van der Waals surface area contributed by atoms with Gasteiger partial charge < -0.3 is 4.42 Å². The largest absolute Gasteiger partial charge is 0.456 e. The number of nitro groups is 1. The molecule has 0 saturated carbocycles. The Labute approximate surface area is 183 Å². The Hall–Kier alpha value is -4.21. The Balaban J connectivity index is 1.57. The molecule has 5 rings (SSSR count). The maximum absolute atomic E-state index is 13.1. The molecule has 0 atom stereocenters. The molecule has 33 heavy (non-hydrogen) atoms. The van der Waals surface area contributed by atoms with Gasteiger partial charge in [0.2, 0.25) is 0 Å². The first kappa shape index (κ1) is 20.7. The highest BCUT2D eigenvalue weighted by Crippen LogP contribution is 2.34. The molecule has 0 spiro atoms. The number of fused-ring (bicyclic) bond motifs is 2. The lowest BCUT2D eigenvalue weighted by molar-refractivity contribution is -0.384. The van der Waals surface area contributed by atoms with Gasteiger partial charge in [0, 0.05) is 18.2 Å². The number of benzene rings is 2. The van der Waals surface area contributed by atoms with Gasteiger partial charge in [0.25, 0.3) is 11.2 Å². The van der Waals surface area contributed by atoms with Crippen molar-refractivity contribution in [1.82, 2.24) is 9.55 Å². The Morgan fingerprint density at radius 1 is 1.12 bits per heavy atom. The van der Waals surface area contributed by atoms with E-state index in [2.05, 4.69) is 4.98 Å². The molecule has 1 aliphatic rings. The summed E-state index contributed by atoms with van der Waals surface area (Å²) in [6.07, 6.45) is -2.47. The number of hydrogen-bond acceptors (Lipinski definition) is 5. The third-order valence-electron chi connectivity index (χ3n) is 5.48. The normalized spacial score (nSPS) is 14.7. The van der Waals surface area contributed by atoms with Gasteiger partial charge in [0.15, 0.2) is 0 Å². The van der Waals surface area contributed by atoms with Gasteiger partial charge in [-0.15, -0.1) is 0 Å². The van der Waals surface area contributed by atoms with E-state index < -0.39 is 22.2 Å². The predicted octanol–water partition coefficient (Wildman–Crippen LogP) is 5.53. The average molecular weight is 453 g/mol. The lowest BCUT2D eigenvalue weighted by Crippen LogP contribution is -2.21. The van der Waals surface area contributed by atoms with Gasteiger partial charge in [-0.25, -0.2) is 4.98 Å². The van der Waals surface area contributed by atoms with Crippen LogP contribution in [0.5, 0.6) is 0 Å². The van der Waals surface area contributed by atoms with E-state index in [4.69, 9.17) is 4.42 Å². The van der Waals surface area contributed by atoms with Crippen LogP contribution in [0, 0.1) is 10.1 Å². The first-order valence-corrected chi connectivity index (χ1v) is 9.89. The highest BCUT2D eigenvalue weighted by Gasteiger charge is 2.31. The van der Waals surface area contributed by atoms with E-state index in [1.807, 2.05) is 0 Å². The fourth-order valence-corrected chi connectivity index (χ4v) is 3.92. The molecule has 0 radical (unpaired) electrons. The Bertz CT molecular complexity index is 1520. The molecule has 0 unspecified atom stereocenters. The van der Waals surface area contributed by atoms with Gasteiger partial charge in [0.05, 0.1) is 27.0 Å². The minimum absolute atomic E-state index is 0.0334. The van der Waals surface area contributed by atoms with E-state index >= 15 is 0 Å². The molecule has 0 aliphatic carbocycles. The number of nitrogens with zero attached hydrogens (tertiary/aromatic N) is 3. The number of aromatic nitrogens is 2. The minimum Gasteiger partial charge on any atom is -0.456 e. The van der Waals surface area contributed by atoms with Gasteiger partial charge in [-0.2, -0.15) is 13.2 Å². The number of alkyl halides is 3. The summed E-state index contributed by atoms with van der Waals surface area (Å²) >= 11 is 0. The van der Waals surface area contributed by atoms with Crippen molar-refractivity contribution >= 4 is 28.2 Å².